The largest absolute Gasteiger partial charge is 0.383 e. The van der Waals surface area contributed by atoms with E-state index in [0.717, 1.165) is 30.3 Å². The fourth-order valence-corrected chi connectivity index (χ4v) is 3.45. The van der Waals surface area contributed by atoms with E-state index in [-0.39, 0.29) is 0 Å². The number of hydrogen-bond donors (Lipinski definition) is 1. The summed E-state index contributed by atoms with van der Waals surface area (Å²) in [5.41, 5.74) is 8.32. The molecule has 2 aromatic heterocycles. The Bertz CT molecular complexity index is 604. The van der Waals surface area contributed by atoms with Gasteiger partial charge in [-0.15, -0.1) is 0 Å². The molecule has 0 bridgehead atoms. The summed E-state index contributed by atoms with van der Waals surface area (Å²) in [5, 5.41) is 0. The summed E-state index contributed by atoms with van der Waals surface area (Å²) in [6, 6.07) is 0. The van der Waals surface area contributed by atoms with Gasteiger partial charge in [0.15, 0.2) is 0 Å². The van der Waals surface area contributed by atoms with Crippen molar-refractivity contribution in [2.45, 2.75) is 65.0 Å². The van der Waals surface area contributed by atoms with Gasteiger partial charge in [-0.1, -0.05) is 19.3 Å². The molecule has 0 saturated heterocycles. The summed E-state index contributed by atoms with van der Waals surface area (Å²) in [7, 11) is 0. The lowest BCUT2D eigenvalue weighted by atomic mass is 9.88. The third kappa shape index (κ3) is 2.45. The minimum atomic E-state index is 0.563. The molecule has 1 aliphatic rings. The highest BCUT2D eigenvalue weighted by Gasteiger charge is 2.25. The molecule has 1 fully saturated rings. The van der Waals surface area contributed by atoms with Crippen molar-refractivity contribution in [1.29, 1.82) is 0 Å². The van der Waals surface area contributed by atoms with Gasteiger partial charge < -0.3 is 14.9 Å². The van der Waals surface area contributed by atoms with E-state index in [2.05, 4.69) is 28.0 Å². The van der Waals surface area contributed by atoms with Crippen LogP contribution in [0.25, 0.3) is 11.4 Å². The number of anilines is 1. The highest BCUT2D eigenvalue weighted by molar-refractivity contribution is 5.68. The summed E-state index contributed by atoms with van der Waals surface area (Å²) < 4.78 is 4.29. The summed E-state index contributed by atoms with van der Waals surface area (Å²) in [5.74, 6) is 2.52. The van der Waals surface area contributed by atoms with Crippen LogP contribution in [0.15, 0.2) is 12.5 Å². The van der Waals surface area contributed by atoms with Gasteiger partial charge >= 0.3 is 0 Å². The van der Waals surface area contributed by atoms with E-state index >= 15 is 0 Å². The molecule has 5 heteroatoms. The van der Waals surface area contributed by atoms with Crippen molar-refractivity contribution in [3.05, 3.63) is 18.3 Å². The van der Waals surface area contributed by atoms with Gasteiger partial charge in [0, 0.05) is 19.0 Å². The van der Waals surface area contributed by atoms with Crippen molar-refractivity contribution < 1.29 is 0 Å². The van der Waals surface area contributed by atoms with Crippen LogP contribution in [0.5, 0.6) is 0 Å². The van der Waals surface area contributed by atoms with Crippen LogP contribution in [-0.2, 0) is 13.1 Å². The highest BCUT2D eigenvalue weighted by Crippen LogP contribution is 2.36. The smallest absolute Gasteiger partial charge is 0.133 e. The second-order valence-corrected chi connectivity index (χ2v) is 5.85. The maximum atomic E-state index is 6.40. The molecule has 0 aromatic carbocycles. The van der Waals surface area contributed by atoms with E-state index in [1.54, 1.807) is 0 Å². The molecule has 0 unspecified atom stereocenters. The van der Waals surface area contributed by atoms with Crippen molar-refractivity contribution in [3.63, 3.8) is 0 Å². The number of hydrogen-bond acceptors (Lipinski definition) is 3. The van der Waals surface area contributed by atoms with Gasteiger partial charge in [-0.25, -0.2) is 9.97 Å². The molecule has 0 amide bonds. The number of nitrogens with zero attached hydrogens (tertiary/aromatic N) is 4. The van der Waals surface area contributed by atoms with Crippen molar-refractivity contribution in [3.8, 4) is 11.4 Å². The van der Waals surface area contributed by atoms with Crippen molar-refractivity contribution in [2.75, 3.05) is 5.73 Å². The van der Waals surface area contributed by atoms with Crippen LogP contribution in [0.4, 0.5) is 5.82 Å². The summed E-state index contributed by atoms with van der Waals surface area (Å²) in [4.78, 5) is 9.18. The quantitative estimate of drug-likeness (QED) is 0.937. The standard InChI is InChI=1S/C16H25N5/c1-3-20-11-18-10-13(20)14-15(17)21(4-2)16(19-14)12-8-6-5-7-9-12/h10-12H,3-9,17H2,1-2H3. The molecule has 2 heterocycles. The first-order chi connectivity index (χ1) is 10.3. The predicted octanol–water partition coefficient (Wildman–Crippen LogP) is 3.42. The Labute approximate surface area is 126 Å². The van der Waals surface area contributed by atoms with Gasteiger partial charge in [-0.3, -0.25) is 0 Å². The molecule has 0 aliphatic heterocycles. The molecular formula is C16H25N5. The molecule has 2 N–H and O–H groups in total. The fraction of sp³-hybridized carbons (Fsp3) is 0.625. The third-order valence-corrected chi connectivity index (χ3v) is 4.62. The lowest BCUT2D eigenvalue weighted by molar-refractivity contribution is 0.418. The van der Waals surface area contributed by atoms with E-state index in [1.807, 2.05) is 12.5 Å². The molecule has 114 valence electrons. The molecule has 3 rings (SSSR count). The van der Waals surface area contributed by atoms with Crippen LogP contribution in [-0.4, -0.2) is 19.1 Å². The zero-order chi connectivity index (χ0) is 14.8. The minimum Gasteiger partial charge on any atom is -0.383 e. The normalized spacial score (nSPS) is 16.5. The molecule has 0 spiro atoms. The van der Waals surface area contributed by atoms with Gasteiger partial charge in [0.2, 0.25) is 0 Å². The van der Waals surface area contributed by atoms with Gasteiger partial charge in [0.25, 0.3) is 0 Å². The molecule has 5 nitrogen and oxygen atoms in total. The monoisotopic (exact) mass is 287 g/mol. The van der Waals surface area contributed by atoms with Crippen molar-refractivity contribution in [2.24, 2.45) is 0 Å². The average molecular weight is 287 g/mol. The number of rotatable bonds is 4. The number of aryl methyl sites for hydroxylation is 1. The van der Waals surface area contributed by atoms with Crippen molar-refractivity contribution in [1.82, 2.24) is 19.1 Å². The number of nitrogen functional groups attached to an aromatic ring is 1. The zero-order valence-electron chi connectivity index (χ0n) is 13.0. The van der Waals surface area contributed by atoms with E-state index in [4.69, 9.17) is 10.7 Å². The van der Waals surface area contributed by atoms with Gasteiger partial charge in [-0.05, 0) is 26.7 Å². The molecule has 0 atom stereocenters. The zero-order valence-corrected chi connectivity index (χ0v) is 13.0. The number of nitrogens with two attached hydrogens (primary N) is 1. The van der Waals surface area contributed by atoms with Gasteiger partial charge in [0.1, 0.15) is 17.3 Å². The topological polar surface area (TPSA) is 61.7 Å². The Hall–Kier alpha value is -1.78. The Morgan fingerprint density at radius 3 is 2.62 bits per heavy atom. The van der Waals surface area contributed by atoms with Crippen LogP contribution in [0.1, 0.15) is 57.7 Å². The Balaban J connectivity index is 2.04. The predicted molar refractivity (Wildman–Crippen MR) is 85.0 cm³/mol. The van der Waals surface area contributed by atoms with Gasteiger partial charge in [0.05, 0.1) is 18.2 Å². The average Bonchev–Trinajstić information content (AvgIpc) is 3.11. The Morgan fingerprint density at radius 1 is 1.19 bits per heavy atom. The molecule has 1 aliphatic carbocycles. The number of imidazole rings is 2. The molecule has 21 heavy (non-hydrogen) atoms. The first kappa shape index (κ1) is 14.2. The first-order valence-corrected chi connectivity index (χ1v) is 8.12. The second-order valence-electron chi connectivity index (χ2n) is 5.85. The van der Waals surface area contributed by atoms with Crippen molar-refractivity contribution >= 4 is 5.82 Å². The van der Waals surface area contributed by atoms with Crippen LogP contribution < -0.4 is 5.73 Å². The summed E-state index contributed by atoms with van der Waals surface area (Å²) >= 11 is 0. The molecule has 1 saturated carbocycles. The fourth-order valence-electron chi connectivity index (χ4n) is 3.45. The maximum Gasteiger partial charge on any atom is 0.133 e. The van der Waals surface area contributed by atoms with Gasteiger partial charge in [-0.2, -0.15) is 0 Å². The summed E-state index contributed by atoms with van der Waals surface area (Å²) in [6.07, 6.45) is 10.2. The van der Waals surface area contributed by atoms with Crippen LogP contribution in [0, 0.1) is 0 Å². The summed E-state index contributed by atoms with van der Waals surface area (Å²) in [6.45, 7) is 6.02. The second kappa shape index (κ2) is 5.92. The Kier molecular flexibility index (Phi) is 3.99. The molecule has 0 radical (unpaired) electrons. The van der Waals surface area contributed by atoms with E-state index in [0.29, 0.717) is 5.92 Å². The lowest BCUT2D eigenvalue weighted by Crippen LogP contribution is -2.12. The van der Waals surface area contributed by atoms with Crippen LogP contribution in [0.3, 0.4) is 0 Å². The first-order valence-electron chi connectivity index (χ1n) is 8.12. The van der Waals surface area contributed by atoms with E-state index < -0.39 is 0 Å². The third-order valence-electron chi connectivity index (χ3n) is 4.62. The highest BCUT2D eigenvalue weighted by atomic mass is 15.2. The Morgan fingerprint density at radius 2 is 1.95 bits per heavy atom. The van der Waals surface area contributed by atoms with Crippen LogP contribution >= 0.6 is 0 Å². The lowest BCUT2D eigenvalue weighted by Gasteiger charge is -2.21. The van der Waals surface area contributed by atoms with Crippen LogP contribution in [0.2, 0.25) is 0 Å². The molecular weight excluding hydrogens is 262 g/mol. The maximum absolute atomic E-state index is 6.40. The van der Waals surface area contributed by atoms with E-state index in [9.17, 15) is 0 Å². The van der Waals surface area contributed by atoms with E-state index in [1.165, 1.54) is 37.9 Å². The molecule has 2 aromatic rings. The SMILES string of the molecule is CCn1cncc1-c1nc(C2CCCCC2)n(CC)c1N. The number of aromatic nitrogens is 4. The minimum absolute atomic E-state index is 0.563.